The molecular formula is C15H11Cl2F3N2O. The number of nitrogens with one attached hydrogen (secondary N) is 2. The summed E-state index contributed by atoms with van der Waals surface area (Å²) in [7, 11) is 0. The molecule has 8 heteroatoms. The van der Waals surface area contributed by atoms with Crippen LogP contribution in [0.5, 0.6) is 0 Å². The van der Waals surface area contributed by atoms with Gasteiger partial charge in [0, 0.05) is 10.7 Å². The third-order valence-corrected chi connectivity index (χ3v) is 3.41. The number of alkyl halides is 3. The lowest BCUT2D eigenvalue weighted by Crippen LogP contribution is -2.22. The number of amides is 1. The molecule has 2 aromatic carbocycles. The number of anilines is 2. The summed E-state index contributed by atoms with van der Waals surface area (Å²) >= 11 is 11.6. The van der Waals surface area contributed by atoms with Crippen molar-refractivity contribution in [3.8, 4) is 0 Å². The third kappa shape index (κ3) is 5.04. The molecule has 0 radical (unpaired) electrons. The van der Waals surface area contributed by atoms with Gasteiger partial charge in [-0.3, -0.25) is 4.79 Å². The van der Waals surface area contributed by atoms with Crippen LogP contribution < -0.4 is 10.6 Å². The lowest BCUT2D eigenvalue weighted by atomic mass is 10.2. The van der Waals surface area contributed by atoms with Crippen molar-refractivity contribution in [3.63, 3.8) is 0 Å². The van der Waals surface area contributed by atoms with Gasteiger partial charge in [0.25, 0.3) is 0 Å². The Hall–Kier alpha value is -1.92. The first-order valence-corrected chi connectivity index (χ1v) is 7.17. The Balaban J connectivity index is 2.01. The Bertz CT molecular complexity index is 720. The maximum atomic E-state index is 12.7. The summed E-state index contributed by atoms with van der Waals surface area (Å²) in [6.07, 6.45) is -4.48. The van der Waals surface area contributed by atoms with E-state index in [1.807, 2.05) is 0 Å². The van der Waals surface area contributed by atoms with Crippen molar-refractivity contribution >= 4 is 40.5 Å². The van der Waals surface area contributed by atoms with Crippen molar-refractivity contribution in [1.82, 2.24) is 0 Å². The van der Waals surface area contributed by atoms with Gasteiger partial charge in [-0.1, -0.05) is 29.3 Å². The van der Waals surface area contributed by atoms with E-state index in [1.54, 1.807) is 24.3 Å². The maximum Gasteiger partial charge on any atom is 0.416 e. The fourth-order valence-electron chi connectivity index (χ4n) is 1.78. The molecule has 0 atom stereocenters. The van der Waals surface area contributed by atoms with E-state index in [-0.39, 0.29) is 17.3 Å². The molecule has 2 rings (SSSR count). The molecule has 2 N–H and O–H groups in total. The Morgan fingerprint density at radius 3 is 2.48 bits per heavy atom. The summed E-state index contributed by atoms with van der Waals surface area (Å²) < 4.78 is 38.0. The van der Waals surface area contributed by atoms with E-state index in [0.29, 0.717) is 10.7 Å². The zero-order valence-electron chi connectivity index (χ0n) is 11.5. The quantitative estimate of drug-likeness (QED) is 0.797. The molecule has 0 bridgehead atoms. The Kier molecular flexibility index (Phi) is 5.38. The molecule has 0 aliphatic rings. The number of hydrogen-bond acceptors (Lipinski definition) is 2. The maximum absolute atomic E-state index is 12.7. The van der Waals surface area contributed by atoms with Crippen LogP contribution in [0.1, 0.15) is 5.56 Å². The van der Waals surface area contributed by atoms with Crippen LogP contribution in [0.3, 0.4) is 0 Å². The number of rotatable bonds is 4. The van der Waals surface area contributed by atoms with E-state index >= 15 is 0 Å². The molecule has 0 spiro atoms. The van der Waals surface area contributed by atoms with Crippen LogP contribution >= 0.6 is 23.2 Å². The van der Waals surface area contributed by atoms with E-state index < -0.39 is 17.6 Å². The number of carbonyl (C=O) groups excluding carboxylic acids is 1. The fraction of sp³-hybridized carbons (Fsp3) is 0.133. The van der Waals surface area contributed by atoms with Crippen molar-refractivity contribution in [3.05, 3.63) is 58.1 Å². The molecule has 0 saturated carbocycles. The second kappa shape index (κ2) is 7.10. The Morgan fingerprint density at radius 2 is 1.83 bits per heavy atom. The molecule has 0 aromatic heterocycles. The smallest absolute Gasteiger partial charge is 0.375 e. The largest absolute Gasteiger partial charge is 0.416 e. The molecule has 0 fully saturated rings. The van der Waals surface area contributed by atoms with E-state index in [4.69, 9.17) is 23.2 Å². The molecule has 2 aromatic rings. The minimum Gasteiger partial charge on any atom is -0.375 e. The molecule has 3 nitrogen and oxygen atoms in total. The first-order valence-electron chi connectivity index (χ1n) is 6.42. The predicted octanol–water partition coefficient (Wildman–Crippen LogP) is 5.06. The monoisotopic (exact) mass is 362 g/mol. The van der Waals surface area contributed by atoms with Crippen LogP contribution in [-0.2, 0) is 11.0 Å². The van der Waals surface area contributed by atoms with E-state index in [0.717, 1.165) is 18.2 Å². The molecule has 0 aliphatic heterocycles. The van der Waals surface area contributed by atoms with Gasteiger partial charge in [0.05, 0.1) is 22.8 Å². The second-order valence-corrected chi connectivity index (χ2v) is 5.45. The molecule has 0 unspecified atom stereocenters. The summed E-state index contributed by atoms with van der Waals surface area (Å²) in [4.78, 5) is 11.8. The first-order chi connectivity index (χ1) is 10.8. The highest BCUT2D eigenvalue weighted by Gasteiger charge is 2.30. The van der Waals surface area contributed by atoms with E-state index in [2.05, 4.69) is 10.6 Å². The van der Waals surface area contributed by atoms with Gasteiger partial charge in [-0.05, 0) is 36.4 Å². The number of hydrogen-bond donors (Lipinski definition) is 2. The van der Waals surface area contributed by atoms with Gasteiger partial charge in [0.15, 0.2) is 0 Å². The summed E-state index contributed by atoms with van der Waals surface area (Å²) in [5, 5.41) is 5.70. The van der Waals surface area contributed by atoms with Crippen molar-refractivity contribution in [2.75, 3.05) is 17.2 Å². The van der Waals surface area contributed by atoms with Crippen molar-refractivity contribution in [1.29, 1.82) is 0 Å². The highest BCUT2D eigenvalue weighted by molar-refractivity contribution is 6.33. The lowest BCUT2D eigenvalue weighted by Gasteiger charge is -2.12. The number of halogens is 5. The summed E-state index contributed by atoms with van der Waals surface area (Å²) in [5.74, 6) is -0.444. The average molecular weight is 363 g/mol. The minimum atomic E-state index is -4.48. The van der Waals surface area contributed by atoms with Gasteiger partial charge in [0.1, 0.15) is 0 Å². The number of benzene rings is 2. The van der Waals surface area contributed by atoms with Gasteiger partial charge in [-0.25, -0.2) is 0 Å². The first kappa shape index (κ1) is 17.4. The molecule has 0 aliphatic carbocycles. The molecule has 23 heavy (non-hydrogen) atoms. The van der Waals surface area contributed by atoms with Gasteiger partial charge in [-0.2, -0.15) is 13.2 Å². The molecule has 0 heterocycles. The van der Waals surface area contributed by atoms with E-state index in [9.17, 15) is 18.0 Å². The van der Waals surface area contributed by atoms with Crippen LogP contribution in [0.15, 0.2) is 42.5 Å². The second-order valence-electron chi connectivity index (χ2n) is 4.60. The Morgan fingerprint density at radius 1 is 1.09 bits per heavy atom. The molecule has 0 saturated heterocycles. The average Bonchev–Trinajstić information content (AvgIpc) is 2.45. The van der Waals surface area contributed by atoms with Gasteiger partial charge < -0.3 is 10.6 Å². The van der Waals surface area contributed by atoms with Gasteiger partial charge >= 0.3 is 6.18 Å². The topological polar surface area (TPSA) is 41.1 Å². The normalized spacial score (nSPS) is 11.2. The highest BCUT2D eigenvalue weighted by atomic mass is 35.5. The molecule has 1 amide bonds. The van der Waals surface area contributed by atoms with Crippen molar-refractivity contribution in [2.45, 2.75) is 6.18 Å². The summed E-state index contributed by atoms with van der Waals surface area (Å²) in [6, 6.07) is 9.36. The van der Waals surface area contributed by atoms with Crippen LogP contribution in [0, 0.1) is 0 Å². The summed E-state index contributed by atoms with van der Waals surface area (Å²) in [6.45, 7) is -0.243. The van der Waals surface area contributed by atoms with Gasteiger partial charge in [-0.15, -0.1) is 0 Å². The van der Waals surface area contributed by atoms with Crippen LogP contribution in [0.2, 0.25) is 10.0 Å². The van der Waals surface area contributed by atoms with Crippen molar-refractivity contribution in [2.24, 2.45) is 0 Å². The predicted molar refractivity (Wildman–Crippen MR) is 85.0 cm³/mol. The lowest BCUT2D eigenvalue weighted by molar-refractivity contribution is -0.137. The van der Waals surface area contributed by atoms with Gasteiger partial charge in [0.2, 0.25) is 5.91 Å². The highest BCUT2D eigenvalue weighted by Crippen LogP contribution is 2.33. The molecular weight excluding hydrogens is 352 g/mol. The third-order valence-electron chi connectivity index (χ3n) is 2.84. The van der Waals surface area contributed by atoms with Crippen molar-refractivity contribution < 1.29 is 18.0 Å². The van der Waals surface area contributed by atoms with Crippen LogP contribution in [0.4, 0.5) is 24.5 Å². The van der Waals surface area contributed by atoms with Crippen LogP contribution in [0.25, 0.3) is 0 Å². The van der Waals surface area contributed by atoms with Crippen LogP contribution in [-0.4, -0.2) is 12.5 Å². The van der Waals surface area contributed by atoms with E-state index in [1.165, 1.54) is 0 Å². The zero-order chi connectivity index (χ0) is 17.0. The SMILES string of the molecule is O=C(CNc1cc(C(F)(F)F)ccc1Cl)Nc1cccc(Cl)c1. The standard InChI is InChI=1S/C15H11Cl2F3N2O/c16-10-2-1-3-11(7-10)22-14(23)8-21-13-6-9(15(18,19)20)4-5-12(13)17/h1-7,21H,8H2,(H,22,23). The minimum absolute atomic E-state index is 0.0303. The number of carbonyl (C=O) groups is 1. The fourth-order valence-corrected chi connectivity index (χ4v) is 2.16. The zero-order valence-corrected chi connectivity index (χ0v) is 13.1. The summed E-state index contributed by atoms with van der Waals surface area (Å²) in [5.41, 5.74) is -0.332. The molecule has 122 valence electrons. The Labute approximate surface area is 140 Å².